The molecule has 0 spiro atoms. The molecule has 0 amide bonds. The fourth-order valence-electron chi connectivity index (χ4n) is 5.60. The van der Waals surface area contributed by atoms with Crippen molar-refractivity contribution in [1.82, 2.24) is 4.72 Å². The summed E-state index contributed by atoms with van der Waals surface area (Å²) in [5.74, 6) is 4.51. The molecule has 5 rings (SSSR count). The van der Waals surface area contributed by atoms with Gasteiger partial charge in [0.05, 0.1) is 0 Å². The van der Waals surface area contributed by atoms with Crippen LogP contribution in [-0.2, 0) is 4.79 Å². The molecule has 1 aliphatic heterocycles. The van der Waals surface area contributed by atoms with Gasteiger partial charge in [-0.15, -0.1) is 0 Å². The maximum Gasteiger partial charge on any atom is 0.171 e. The molecule has 3 N–H and O–H groups in total. The van der Waals surface area contributed by atoms with E-state index in [0.29, 0.717) is 0 Å². The Balaban J connectivity index is 1.59. The monoisotopic (exact) mass is 293 g/mol. The molecule has 4 fully saturated rings. The summed E-state index contributed by atoms with van der Waals surface area (Å²) in [5, 5.41) is -0.253. The van der Waals surface area contributed by atoms with Gasteiger partial charge in [0.1, 0.15) is 5.84 Å². The molecule has 5 heteroatoms. The molecule has 0 aromatic carbocycles. The van der Waals surface area contributed by atoms with E-state index in [-0.39, 0.29) is 10.8 Å². The third-order valence-corrected chi connectivity index (χ3v) is 7.15. The molecule has 4 nitrogen and oxygen atoms in total. The molecule has 4 bridgehead atoms. The minimum Gasteiger partial charge on any atom is -0.330 e. The van der Waals surface area contributed by atoms with E-state index in [1.165, 1.54) is 44.1 Å². The van der Waals surface area contributed by atoms with Gasteiger partial charge in [-0.3, -0.25) is 4.79 Å². The number of aldehydes is 1. The van der Waals surface area contributed by atoms with Crippen molar-refractivity contribution in [3.05, 3.63) is 0 Å². The predicted molar refractivity (Wildman–Crippen MR) is 81.2 cm³/mol. The van der Waals surface area contributed by atoms with Gasteiger partial charge in [-0.25, -0.2) is 4.99 Å². The summed E-state index contributed by atoms with van der Waals surface area (Å²) >= 11 is 1.42. The Morgan fingerprint density at radius 2 is 1.90 bits per heavy atom. The van der Waals surface area contributed by atoms with Gasteiger partial charge in [-0.2, -0.15) is 0 Å². The van der Waals surface area contributed by atoms with Crippen LogP contribution in [0.1, 0.15) is 38.5 Å². The first-order valence-electron chi connectivity index (χ1n) is 7.87. The number of hydrogen-bond donors (Lipinski definition) is 2. The third-order valence-electron chi connectivity index (χ3n) is 6.34. The van der Waals surface area contributed by atoms with Gasteiger partial charge in [0, 0.05) is 6.42 Å². The van der Waals surface area contributed by atoms with Crippen molar-refractivity contribution in [2.24, 2.45) is 39.8 Å². The van der Waals surface area contributed by atoms with Crippen molar-refractivity contribution in [3.63, 3.8) is 0 Å². The Bertz CT molecular complexity index is 422. The smallest absolute Gasteiger partial charge is 0.171 e. The molecule has 1 atom stereocenters. The number of rotatable bonds is 4. The number of nitrogens with zero attached hydrogens (tertiary/aromatic N) is 1. The fourth-order valence-corrected chi connectivity index (χ4v) is 6.22. The maximum absolute atomic E-state index is 10.8. The van der Waals surface area contributed by atoms with Crippen molar-refractivity contribution < 1.29 is 4.79 Å². The van der Waals surface area contributed by atoms with E-state index in [1.54, 1.807) is 0 Å². The second-order valence-electron chi connectivity index (χ2n) is 7.24. The zero-order valence-electron chi connectivity index (χ0n) is 11.8. The van der Waals surface area contributed by atoms with Crippen LogP contribution in [0.5, 0.6) is 0 Å². The quantitative estimate of drug-likeness (QED) is 0.614. The minimum absolute atomic E-state index is 0.248. The average molecular weight is 293 g/mol. The van der Waals surface area contributed by atoms with Gasteiger partial charge in [-0.05, 0) is 79.7 Å². The second-order valence-corrected chi connectivity index (χ2v) is 8.16. The molecule has 0 saturated heterocycles. The Labute approximate surface area is 124 Å². The number of aliphatic imine (C=N–C) groups is 1. The molecule has 110 valence electrons. The first-order chi connectivity index (χ1) is 9.73. The summed E-state index contributed by atoms with van der Waals surface area (Å²) in [6, 6.07) is 0. The van der Waals surface area contributed by atoms with Crippen LogP contribution in [0.2, 0.25) is 0 Å². The van der Waals surface area contributed by atoms with E-state index in [2.05, 4.69) is 9.71 Å². The van der Waals surface area contributed by atoms with Gasteiger partial charge >= 0.3 is 0 Å². The van der Waals surface area contributed by atoms with Crippen molar-refractivity contribution in [2.75, 3.05) is 6.54 Å². The predicted octanol–water partition coefficient (Wildman–Crippen LogP) is 1.95. The molecule has 4 aliphatic carbocycles. The Morgan fingerprint density at radius 1 is 1.25 bits per heavy atom. The molecule has 1 heterocycles. The van der Waals surface area contributed by atoms with Crippen LogP contribution < -0.4 is 10.5 Å². The standard InChI is InChI=1S/C15H23N3OS/c16-8-15(6-13-17-14(7-19)20-18-13)11-2-9-1-10(4-11)5-12(15)3-9/h7,9-12,14H,1-6,8,16H2,(H,17,18). The second kappa shape index (κ2) is 4.73. The largest absolute Gasteiger partial charge is 0.330 e. The highest BCUT2D eigenvalue weighted by atomic mass is 32.2. The SMILES string of the molecule is NCC1(CC2=NC(C=O)SN2)C2CC3CC(C2)CC1C3. The van der Waals surface area contributed by atoms with E-state index in [9.17, 15) is 4.79 Å². The van der Waals surface area contributed by atoms with Gasteiger partial charge in [0.2, 0.25) is 0 Å². The molecule has 5 aliphatic rings. The number of amidine groups is 1. The fraction of sp³-hybridized carbons (Fsp3) is 0.867. The summed E-state index contributed by atoms with van der Waals surface area (Å²) in [6.07, 6.45) is 8.84. The molecule has 0 aromatic rings. The van der Waals surface area contributed by atoms with Gasteiger partial charge in [0.25, 0.3) is 0 Å². The summed E-state index contributed by atoms with van der Waals surface area (Å²) in [6.45, 7) is 0.777. The van der Waals surface area contributed by atoms with E-state index in [0.717, 1.165) is 48.8 Å². The highest BCUT2D eigenvalue weighted by Crippen LogP contribution is 2.63. The lowest BCUT2D eigenvalue weighted by atomic mass is 9.44. The van der Waals surface area contributed by atoms with Crippen LogP contribution in [0.25, 0.3) is 0 Å². The highest BCUT2D eigenvalue weighted by molar-refractivity contribution is 7.99. The highest BCUT2D eigenvalue weighted by Gasteiger charge is 2.56. The Hall–Kier alpha value is -0.550. The van der Waals surface area contributed by atoms with Gasteiger partial charge < -0.3 is 10.5 Å². The molecule has 0 aromatic heterocycles. The number of carbonyl (C=O) groups excluding carboxylic acids is 1. The van der Waals surface area contributed by atoms with Crippen molar-refractivity contribution >= 4 is 24.1 Å². The Kier molecular flexibility index (Phi) is 3.11. The van der Waals surface area contributed by atoms with Crippen LogP contribution in [0, 0.1) is 29.1 Å². The summed E-state index contributed by atoms with van der Waals surface area (Å²) in [4.78, 5) is 15.3. The normalized spacial score (nSPS) is 49.0. The molecule has 20 heavy (non-hydrogen) atoms. The van der Waals surface area contributed by atoms with Crippen LogP contribution in [-0.4, -0.2) is 24.0 Å². The van der Waals surface area contributed by atoms with Crippen LogP contribution >= 0.6 is 11.9 Å². The summed E-state index contributed by atoms with van der Waals surface area (Å²) in [5.41, 5.74) is 6.52. The van der Waals surface area contributed by atoms with E-state index in [4.69, 9.17) is 5.73 Å². The van der Waals surface area contributed by atoms with Crippen molar-refractivity contribution in [2.45, 2.75) is 43.9 Å². The lowest BCUT2D eigenvalue weighted by molar-refractivity contribution is -0.107. The number of nitrogens with one attached hydrogen (secondary N) is 1. The first kappa shape index (κ1) is 13.1. The lowest BCUT2D eigenvalue weighted by Gasteiger charge is -2.61. The number of carbonyl (C=O) groups is 1. The lowest BCUT2D eigenvalue weighted by Crippen LogP contribution is -2.57. The molecule has 1 unspecified atom stereocenters. The van der Waals surface area contributed by atoms with Crippen molar-refractivity contribution in [3.8, 4) is 0 Å². The summed E-state index contributed by atoms with van der Waals surface area (Å²) < 4.78 is 3.26. The van der Waals surface area contributed by atoms with Crippen molar-refractivity contribution in [1.29, 1.82) is 0 Å². The van der Waals surface area contributed by atoms with Gasteiger partial charge in [-0.1, -0.05) is 0 Å². The van der Waals surface area contributed by atoms with E-state index in [1.807, 2.05) is 0 Å². The summed E-state index contributed by atoms with van der Waals surface area (Å²) in [7, 11) is 0. The zero-order chi connectivity index (χ0) is 13.7. The van der Waals surface area contributed by atoms with Crippen LogP contribution in [0.15, 0.2) is 4.99 Å². The molecular formula is C15H23N3OS. The van der Waals surface area contributed by atoms with E-state index < -0.39 is 0 Å². The van der Waals surface area contributed by atoms with Crippen LogP contribution in [0.4, 0.5) is 0 Å². The molecule has 0 radical (unpaired) electrons. The average Bonchev–Trinajstić information content (AvgIpc) is 2.90. The van der Waals surface area contributed by atoms with Gasteiger partial charge in [0.15, 0.2) is 11.7 Å². The minimum atomic E-state index is -0.253. The Morgan fingerprint density at radius 3 is 2.40 bits per heavy atom. The van der Waals surface area contributed by atoms with Crippen LogP contribution in [0.3, 0.4) is 0 Å². The number of nitrogens with two attached hydrogens (primary N) is 1. The third kappa shape index (κ3) is 1.86. The topological polar surface area (TPSA) is 67.5 Å². The number of hydrogen-bond acceptors (Lipinski definition) is 5. The molecular weight excluding hydrogens is 270 g/mol. The van der Waals surface area contributed by atoms with E-state index >= 15 is 0 Å². The molecule has 4 saturated carbocycles. The zero-order valence-corrected chi connectivity index (χ0v) is 12.6. The maximum atomic E-state index is 10.8. The first-order valence-corrected chi connectivity index (χ1v) is 8.75.